The van der Waals surface area contributed by atoms with E-state index in [9.17, 15) is 14.4 Å². The van der Waals surface area contributed by atoms with Gasteiger partial charge in [0, 0.05) is 11.9 Å². The normalized spacial score (nSPS) is 9.70. The standard InChI is InChI=1S/C13H16N2O4S/c1-14-11(16)7-15-12(17)8-19-13(18)9-5-3-4-6-10(9)20-2/h3-6H,7-8H2,1-2H3,(H,14,16)(H,15,17). The Morgan fingerprint density at radius 3 is 2.55 bits per heavy atom. The van der Waals surface area contributed by atoms with Crippen LogP contribution in [0.15, 0.2) is 29.2 Å². The van der Waals surface area contributed by atoms with Crippen LogP contribution in [0.25, 0.3) is 0 Å². The first kappa shape index (κ1) is 16.0. The lowest BCUT2D eigenvalue weighted by atomic mass is 10.2. The summed E-state index contributed by atoms with van der Waals surface area (Å²) in [6.45, 7) is -0.563. The molecule has 0 saturated heterocycles. The fraction of sp³-hybridized carbons (Fsp3) is 0.308. The van der Waals surface area contributed by atoms with Crippen LogP contribution in [0.4, 0.5) is 0 Å². The van der Waals surface area contributed by atoms with Gasteiger partial charge in [0.25, 0.3) is 5.91 Å². The van der Waals surface area contributed by atoms with Crippen LogP contribution in [0.1, 0.15) is 10.4 Å². The number of carbonyl (C=O) groups is 3. The van der Waals surface area contributed by atoms with E-state index >= 15 is 0 Å². The Hall–Kier alpha value is -2.02. The number of hydrogen-bond donors (Lipinski definition) is 2. The van der Waals surface area contributed by atoms with E-state index < -0.39 is 18.5 Å². The Morgan fingerprint density at radius 2 is 1.90 bits per heavy atom. The van der Waals surface area contributed by atoms with Gasteiger partial charge in [-0.05, 0) is 18.4 Å². The zero-order valence-corrected chi connectivity index (χ0v) is 12.1. The molecule has 0 bridgehead atoms. The van der Waals surface area contributed by atoms with Gasteiger partial charge in [0.2, 0.25) is 5.91 Å². The molecule has 1 rings (SSSR count). The third-order valence-electron chi connectivity index (χ3n) is 2.39. The Kier molecular flexibility index (Phi) is 6.58. The minimum Gasteiger partial charge on any atom is -0.452 e. The smallest absolute Gasteiger partial charge is 0.339 e. The van der Waals surface area contributed by atoms with Gasteiger partial charge in [0.1, 0.15) is 0 Å². The Balaban J connectivity index is 2.47. The summed E-state index contributed by atoms with van der Waals surface area (Å²) in [7, 11) is 1.47. The molecule has 108 valence electrons. The van der Waals surface area contributed by atoms with E-state index in [2.05, 4.69) is 10.6 Å². The third-order valence-corrected chi connectivity index (χ3v) is 3.18. The molecule has 0 aliphatic rings. The number of nitrogens with one attached hydrogen (secondary N) is 2. The Bertz CT molecular complexity index is 505. The van der Waals surface area contributed by atoms with Crippen molar-refractivity contribution < 1.29 is 19.1 Å². The highest BCUT2D eigenvalue weighted by Crippen LogP contribution is 2.20. The molecule has 2 amide bonds. The van der Waals surface area contributed by atoms with Crippen LogP contribution in [-0.2, 0) is 14.3 Å². The van der Waals surface area contributed by atoms with E-state index in [0.29, 0.717) is 5.56 Å². The molecular formula is C13H16N2O4S. The van der Waals surface area contributed by atoms with Crippen molar-refractivity contribution in [3.63, 3.8) is 0 Å². The van der Waals surface area contributed by atoms with Crippen molar-refractivity contribution in [1.82, 2.24) is 10.6 Å². The fourth-order valence-corrected chi connectivity index (χ4v) is 1.93. The highest BCUT2D eigenvalue weighted by atomic mass is 32.2. The molecule has 0 radical (unpaired) electrons. The maximum Gasteiger partial charge on any atom is 0.339 e. The summed E-state index contributed by atoms with van der Waals surface area (Å²) in [6.07, 6.45) is 1.85. The van der Waals surface area contributed by atoms with Crippen molar-refractivity contribution >= 4 is 29.5 Å². The number of thioether (sulfide) groups is 1. The van der Waals surface area contributed by atoms with Gasteiger partial charge in [-0.15, -0.1) is 11.8 Å². The van der Waals surface area contributed by atoms with E-state index in [0.717, 1.165) is 4.90 Å². The lowest BCUT2D eigenvalue weighted by molar-refractivity contribution is -0.127. The molecular weight excluding hydrogens is 280 g/mol. The monoisotopic (exact) mass is 296 g/mol. The third kappa shape index (κ3) is 4.93. The average molecular weight is 296 g/mol. The molecule has 1 aromatic carbocycles. The van der Waals surface area contributed by atoms with Gasteiger partial charge in [-0.3, -0.25) is 9.59 Å². The van der Waals surface area contributed by atoms with Gasteiger partial charge >= 0.3 is 5.97 Å². The van der Waals surface area contributed by atoms with E-state index in [1.54, 1.807) is 18.2 Å². The topological polar surface area (TPSA) is 84.5 Å². The van der Waals surface area contributed by atoms with E-state index in [1.807, 2.05) is 12.3 Å². The van der Waals surface area contributed by atoms with Crippen LogP contribution in [0.2, 0.25) is 0 Å². The van der Waals surface area contributed by atoms with E-state index in [4.69, 9.17) is 4.74 Å². The molecule has 0 aromatic heterocycles. The summed E-state index contributed by atoms with van der Waals surface area (Å²) in [5.41, 5.74) is 0.416. The quantitative estimate of drug-likeness (QED) is 0.587. The molecule has 0 spiro atoms. The van der Waals surface area contributed by atoms with Gasteiger partial charge in [-0.2, -0.15) is 0 Å². The SMILES string of the molecule is CNC(=O)CNC(=O)COC(=O)c1ccccc1SC. The second-order valence-electron chi connectivity index (χ2n) is 3.73. The summed E-state index contributed by atoms with van der Waals surface area (Å²) in [6, 6.07) is 6.98. The zero-order chi connectivity index (χ0) is 15.0. The molecule has 0 saturated carbocycles. The molecule has 6 nitrogen and oxygen atoms in total. The van der Waals surface area contributed by atoms with Gasteiger partial charge < -0.3 is 15.4 Å². The predicted molar refractivity (Wildman–Crippen MR) is 75.6 cm³/mol. The first-order valence-electron chi connectivity index (χ1n) is 5.86. The first-order chi connectivity index (χ1) is 9.58. The molecule has 0 aliphatic carbocycles. The van der Waals surface area contributed by atoms with Gasteiger partial charge in [-0.25, -0.2) is 4.79 Å². The molecule has 0 aliphatic heterocycles. The van der Waals surface area contributed by atoms with Crippen LogP contribution >= 0.6 is 11.8 Å². The van der Waals surface area contributed by atoms with Crippen LogP contribution < -0.4 is 10.6 Å². The number of hydrogen-bond acceptors (Lipinski definition) is 5. The van der Waals surface area contributed by atoms with Crippen molar-refractivity contribution in [1.29, 1.82) is 0 Å². The van der Waals surface area contributed by atoms with Gasteiger partial charge in [0.05, 0.1) is 12.1 Å². The van der Waals surface area contributed by atoms with Crippen molar-refractivity contribution in [2.45, 2.75) is 4.90 Å². The van der Waals surface area contributed by atoms with Crippen LogP contribution in [-0.4, -0.2) is 44.2 Å². The highest BCUT2D eigenvalue weighted by molar-refractivity contribution is 7.98. The number of rotatable bonds is 6. The van der Waals surface area contributed by atoms with Crippen molar-refractivity contribution in [2.24, 2.45) is 0 Å². The molecule has 0 unspecified atom stereocenters. The number of likely N-dealkylation sites (N-methyl/N-ethyl adjacent to an activating group) is 1. The summed E-state index contributed by atoms with van der Waals surface area (Å²) < 4.78 is 4.90. The summed E-state index contributed by atoms with van der Waals surface area (Å²) in [5.74, 6) is -1.41. The minimum absolute atomic E-state index is 0.145. The van der Waals surface area contributed by atoms with Gasteiger partial charge in [-0.1, -0.05) is 12.1 Å². The number of carbonyl (C=O) groups excluding carboxylic acids is 3. The van der Waals surface area contributed by atoms with Crippen molar-refractivity contribution in [3.05, 3.63) is 29.8 Å². The second kappa shape index (κ2) is 8.21. The summed E-state index contributed by atoms with van der Waals surface area (Å²) in [5, 5.41) is 4.70. The van der Waals surface area contributed by atoms with E-state index in [1.165, 1.54) is 18.8 Å². The summed E-state index contributed by atoms with van der Waals surface area (Å²) >= 11 is 1.42. The number of ether oxygens (including phenoxy) is 1. The largest absolute Gasteiger partial charge is 0.452 e. The van der Waals surface area contributed by atoms with Crippen molar-refractivity contribution in [2.75, 3.05) is 26.5 Å². The van der Waals surface area contributed by atoms with Crippen LogP contribution in [0, 0.1) is 0 Å². The predicted octanol–water partition coefficient (Wildman–Crippen LogP) is 0.428. The number of benzene rings is 1. The summed E-state index contributed by atoms with van der Waals surface area (Å²) in [4.78, 5) is 34.9. The maximum atomic E-state index is 11.8. The molecule has 0 atom stereocenters. The molecule has 20 heavy (non-hydrogen) atoms. The Labute approximate surface area is 121 Å². The molecule has 0 heterocycles. The maximum absolute atomic E-state index is 11.8. The zero-order valence-electron chi connectivity index (χ0n) is 11.3. The lowest BCUT2D eigenvalue weighted by Gasteiger charge is -2.08. The first-order valence-corrected chi connectivity index (χ1v) is 7.08. The van der Waals surface area contributed by atoms with E-state index in [-0.39, 0.29) is 12.5 Å². The molecule has 2 N–H and O–H groups in total. The van der Waals surface area contributed by atoms with Crippen LogP contribution in [0.3, 0.4) is 0 Å². The Morgan fingerprint density at radius 1 is 1.20 bits per heavy atom. The van der Waals surface area contributed by atoms with Crippen molar-refractivity contribution in [3.8, 4) is 0 Å². The fourth-order valence-electron chi connectivity index (χ4n) is 1.34. The number of amides is 2. The molecule has 1 aromatic rings. The number of esters is 1. The second-order valence-corrected chi connectivity index (χ2v) is 4.57. The average Bonchev–Trinajstić information content (AvgIpc) is 2.49. The highest BCUT2D eigenvalue weighted by Gasteiger charge is 2.13. The lowest BCUT2D eigenvalue weighted by Crippen LogP contribution is -2.37. The molecule has 7 heteroatoms. The van der Waals surface area contributed by atoms with Crippen LogP contribution in [0.5, 0.6) is 0 Å². The molecule has 0 fully saturated rings. The van der Waals surface area contributed by atoms with Gasteiger partial charge in [0.15, 0.2) is 6.61 Å². The minimum atomic E-state index is -0.565.